The molecular weight excluding hydrogens is 389 g/mol. The minimum Gasteiger partial charge on any atom is -0.388 e. The van der Waals surface area contributed by atoms with Gasteiger partial charge in [-0.3, -0.25) is 9.59 Å². The number of pyridine rings is 1. The Bertz CT molecular complexity index is 1100. The normalized spacial score (nSPS) is 15.3. The van der Waals surface area contributed by atoms with E-state index < -0.39 is 12.4 Å². The van der Waals surface area contributed by atoms with Gasteiger partial charge in [-0.2, -0.15) is 0 Å². The van der Waals surface area contributed by atoms with E-state index in [0.29, 0.717) is 36.4 Å². The van der Waals surface area contributed by atoms with Gasteiger partial charge in [0.05, 0.1) is 19.8 Å². The third-order valence-corrected chi connectivity index (χ3v) is 5.07. The third kappa shape index (κ3) is 3.82. The topological polar surface area (TPSA) is 77.8 Å². The summed E-state index contributed by atoms with van der Waals surface area (Å²) in [5.41, 5.74) is 2.16. The number of carbonyl (C=O) groups is 1. The summed E-state index contributed by atoms with van der Waals surface area (Å²) in [6.07, 6.45) is 1.65. The van der Waals surface area contributed by atoms with Gasteiger partial charge in [-0.15, -0.1) is 0 Å². The number of aliphatic hydroxyl groups is 1. The average molecular weight is 409 g/mol. The summed E-state index contributed by atoms with van der Waals surface area (Å²) in [7, 11) is 0. The van der Waals surface area contributed by atoms with Crippen LogP contribution < -0.4 is 5.56 Å². The predicted molar refractivity (Wildman–Crippen MR) is 107 cm³/mol. The van der Waals surface area contributed by atoms with E-state index in [1.165, 1.54) is 22.8 Å². The molecule has 7 heteroatoms. The molecule has 30 heavy (non-hydrogen) atoms. The molecule has 2 heterocycles. The summed E-state index contributed by atoms with van der Waals surface area (Å²) in [6.45, 7) is 0.497. The fourth-order valence-electron chi connectivity index (χ4n) is 3.51. The average Bonchev–Trinajstić information content (AvgIpc) is 3.27. The maximum absolute atomic E-state index is 13.3. The van der Waals surface area contributed by atoms with Crippen LogP contribution in [0, 0.1) is 5.82 Å². The van der Waals surface area contributed by atoms with Crippen molar-refractivity contribution < 1.29 is 23.8 Å². The van der Waals surface area contributed by atoms with Crippen LogP contribution in [-0.4, -0.2) is 35.3 Å². The SMILES string of the molecule is O=C(CO)c1ccc(Cn2ccc(C3(c4ccc(F)cc4)OCCO3)cc2=O)cc1. The van der Waals surface area contributed by atoms with Crippen molar-refractivity contribution in [1.82, 2.24) is 4.57 Å². The Morgan fingerprint density at radius 1 is 1.00 bits per heavy atom. The zero-order valence-corrected chi connectivity index (χ0v) is 16.1. The minimum atomic E-state index is -1.24. The van der Waals surface area contributed by atoms with E-state index in [-0.39, 0.29) is 17.2 Å². The first-order valence-electron chi connectivity index (χ1n) is 9.50. The predicted octanol–water partition coefficient (Wildman–Crippen LogP) is 2.46. The fourth-order valence-corrected chi connectivity index (χ4v) is 3.51. The van der Waals surface area contributed by atoms with Crippen molar-refractivity contribution in [3.8, 4) is 0 Å². The van der Waals surface area contributed by atoms with Crippen LogP contribution in [0.15, 0.2) is 71.7 Å². The monoisotopic (exact) mass is 409 g/mol. The zero-order valence-electron chi connectivity index (χ0n) is 16.1. The Balaban J connectivity index is 1.61. The molecule has 0 bridgehead atoms. The summed E-state index contributed by atoms with van der Waals surface area (Å²) < 4.78 is 26.6. The van der Waals surface area contributed by atoms with Crippen LogP contribution in [0.4, 0.5) is 4.39 Å². The molecule has 0 saturated carbocycles. The molecule has 0 amide bonds. The number of ether oxygens (including phenoxy) is 2. The summed E-state index contributed by atoms with van der Waals surface area (Å²) in [5, 5.41) is 8.93. The minimum absolute atomic E-state index is 0.247. The number of halogens is 1. The highest BCUT2D eigenvalue weighted by atomic mass is 19.1. The van der Waals surface area contributed by atoms with Crippen LogP contribution in [0.25, 0.3) is 0 Å². The number of hydrogen-bond donors (Lipinski definition) is 1. The van der Waals surface area contributed by atoms with Crippen LogP contribution in [-0.2, 0) is 21.8 Å². The summed E-state index contributed by atoms with van der Waals surface area (Å²) >= 11 is 0. The van der Waals surface area contributed by atoms with E-state index >= 15 is 0 Å². The number of aromatic nitrogens is 1. The highest BCUT2D eigenvalue weighted by Gasteiger charge is 2.41. The molecule has 4 rings (SSSR count). The highest BCUT2D eigenvalue weighted by molar-refractivity contribution is 5.96. The summed E-state index contributed by atoms with van der Waals surface area (Å²) in [4.78, 5) is 24.3. The third-order valence-electron chi connectivity index (χ3n) is 5.07. The van der Waals surface area contributed by atoms with Gasteiger partial charge in [-0.25, -0.2) is 4.39 Å². The van der Waals surface area contributed by atoms with Crippen molar-refractivity contribution in [2.75, 3.05) is 19.8 Å². The smallest absolute Gasteiger partial charge is 0.251 e. The van der Waals surface area contributed by atoms with Gasteiger partial charge in [-0.1, -0.05) is 36.4 Å². The fraction of sp³-hybridized carbons (Fsp3) is 0.217. The summed E-state index contributed by atoms with van der Waals surface area (Å²) in [5.74, 6) is -1.96. The maximum Gasteiger partial charge on any atom is 0.251 e. The number of rotatable bonds is 6. The number of hydrogen-bond acceptors (Lipinski definition) is 5. The molecule has 1 aromatic heterocycles. The first-order valence-corrected chi connectivity index (χ1v) is 9.50. The Morgan fingerprint density at radius 3 is 2.27 bits per heavy atom. The molecule has 1 saturated heterocycles. The lowest BCUT2D eigenvalue weighted by Crippen LogP contribution is -2.31. The van der Waals surface area contributed by atoms with Crippen molar-refractivity contribution in [1.29, 1.82) is 0 Å². The van der Waals surface area contributed by atoms with E-state index in [1.807, 2.05) is 0 Å². The first kappa shape index (κ1) is 20.2. The molecule has 2 aromatic carbocycles. The van der Waals surface area contributed by atoms with E-state index in [1.54, 1.807) is 48.7 Å². The molecule has 0 unspecified atom stereocenters. The van der Waals surface area contributed by atoms with E-state index in [2.05, 4.69) is 0 Å². The molecule has 0 aliphatic carbocycles. The second kappa shape index (κ2) is 8.31. The van der Waals surface area contributed by atoms with Crippen molar-refractivity contribution >= 4 is 5.78 Å². The van der Waals surface area contributed by atoms with E-state index in [9.17, 15) is 14.0 Å². The largest absolute Gasteiger partial charge is 0.388 e. The van der Waals surface area contributed by atoms with Crippen LogP contribution in [0.2, 0.25) is 0 Å². The van der Waals surface area contributed by atoms with Crippen molar-refractivity contribution in [2.45, 2.75) is 12.3 Å². The van der Waals surface area contributed by atoms with E-state index in [4.69, 9.17) is 14.6 Å². The maximum atomic E-state index is 13.3. The standard InChI is InChI=1S/C23H20FNO5/c24-20-7-5-18(6-8-20)23(29-11-12-30-23)19-9-10-25(22(28)13-19)14-16-1-3-17(4-2-16)21(27)15-26/h1-10,13,26H,11-12,14-15H2. The lowest BCUT2D eigenvalue weighted by atomic mass is 9.98. The van der Waals surface area contributed by atoms with Gasteiger partial charge in [0.15, 0.2) is 5.78 Å². The second-order valence-electron chi connectivity index (χ2n) is 6.98. The molecule has 1 fully saturated rings. The van der Waals surface area contributed by atoms with Crippen LogP contribution in [0.3, 0.4) is 0 Å². The van der Waals surface area contributed by atoms with Crippen LogP contribution in [0.1, 0.15) is 27.0 Å². The Labute approximate surface area is 172 Å². The van der Waals surface area contributed by atoms with Crippen LogP contribution in [0.5, 0.6) is 0 Å². The lowest BCUT2D eigenvalue weighted by molar-refractivity contribution is -0.130. The number of aliphatic hydroxyl groups excluding tert-OH is 1. The molecule has 0 spiro atoms. The number of ketones is 1. The zero-order chi connectivity index (χ0) is 21.1. The number of benzene rings is 2. The van der Waals surface area contributed by atoms with Gasteiger partial charge in [0.25, 0.3) is 5.56 Å². The Kier molecular flexibility index (Phi) is 5.59. The molecular formula is C23H20FNO5. The lowest BCUT2D eigenvalue weighted by Gasteiger charge is -2.28. The molecule has 1 N–H and O–H groups in total. The van der Waals surface area contributed by atoms with Crippen molar-refractivity contribution in [3.63, 3.8) is 0 Å². The molecule has 1 aliphatic rings. The second-order valence-corrected chi connectivity index (χ2v) is 6.98. The van der Waals surface area contributed by atoms with Gasteiger partial charge in [-0.05, 0) is 23.8 Å². The van der Waals surface area contributed by atoms with E-state index in [0.717, 1.165) is 5.56 Å². The quantitative estimate of drug-likeness (QED) is 0.633. The molecule has 6 nitrogen and oxygen atoms in total. The van der Waals surface area contributed by atoms with Crippen molar-refractivity contribution in [2.24, 2.45) is 0 Å². The molecule has 3 aromatic rings. The van der Waals surface area contributed by atoms with Crippen LogP contribution >= 0.6 is 0 Å². The Hall–Kier alpha value is -3.13. The number of nitrogens with zero attached hydrogens (tertiary/aromatic N) is 1. The van der Waals surface area contributed by atoms with Gasteiger partial charge in [0.2, 0.25) is 5.79 Å². The Morgan fingerprint density at radius 2 is 1.67 bits per heavy atom. The molecule has 0 atom stereocenters. The van der Waals surface area contributed by atoms with Crippen molar-refractivity contribution in [3.05, 3.63) is 105 Å². The highest BCUT2D eigenvalue weighted by Crippen LogP contribution is 2.37. The van der Waals surface area contributed by atoms with Gasteiger partial charge >= 0.3 is 0 Å². The van der Waals surface area contributed by atoms with Gasteiger partial charge < -0.3 is 19.1 Å². The molecule has 154 valence electrons. The van der Waals surface area contributed by atoms with Gasteiger partial charge in [0.1, 0.15) is 12.4 Å². The first-order chi connectivity index (χ1) is 14.5. The number of carbonyl (C=O) groups excluding carboxylic acids is 1. The molecule has 1 aliphatic heterocycles. The molecule has 0 radical (unpaired) electrons. The van der Waals surface area contributed by atoms with Gasteiger partial charge in [0, 0.05) is 29.0 Å². The number of Topliss-reactive ketones (excluding diaryl/α,β-unsaturated/α-hetero) is 1. The summed E-state index contributed by atoms with van der Waals surface area (Å²) in [6, 6.07) is 15.8.